The van der Waals surface area contributed by atoms with E-state index >= 15 is 0 Å². The van der Waals surface area contributed by atoms with Gasteiger partial charge in [-0.2, -0.15) is 13.2 Å². The Kier molecular flexibility index (Phi) is 5.55. The summed E-state index contributed by atoms with van der Waals surface area (Å²) < 4.78 is 39.1. The fraction of sp³-hybridized carbons (Fsp3) is 0.938. The number of hydrogen-bond acceptors (Lipinski definition) is 1. The van der Waals surface area contributed by atoms with Crippen LogP contribution in [0.25, 0.3) is 0 Å². The van der Waals surface area contributed by atoms with Crippen LogP contribution in [0.15, 0.2) is 0 Å². The van der Waals surface area contributed by atoms with Crippen LogP contribution in [0.1, 0.15) is 64.7 Å². The Labute approximate surface area is 124 Å². The fourth-order valence-electron chi connectivity index (χ4n) is 3.86. The van der Waals surface area contributed by atoms with E-state index < -0.39 is 18.0 Å². The van der Waals surface area contributed by atoms with E-state index in [1.54, 1.807) is 0 Å². The van der Waals surface area contributed by atoms with Gasteiger partial charge in [-0.05, 0) is 44.4 Å². The summed E-state index contributed by atoms with van der Waals surface area (Å²) in [7, 11) is 0. The Hall–Kier alpha value is -0.740. The first-order valence-corrected chi connectivity index (χ1v) is 8.29. The smallest absolute Gasteiger partial charge is 0.353 e. The molecular formula is C16H26F3NO. The maximum absolute atomic E-state index is 13.0. The van der Waals surface area contributed by atoms with E-state index in [1.807, 2.05) is 0 Å². The highest BCUT2D eigenvalue weighted by atomic mass is 19.4. The molecule has 2 atom stereocenters. The molecule has 1 amide bonds. The van der Waals surface area contributed by atoms with Gasteiger partial charge in [-0.15, -0.1) is 0 Å². The highest BCUT2D eigenvalue weighted by Gasteiger charge is 2.48. The average Bonchev–Trinajstić information content (AvgIpc) is 2.47. The first kappa shape index (κ1) is 16.6. The van der Waals surface area contributed by atoms with Gasteiger partial charge >= 0.3 is 6.18 Å². The molecular weight excluding hydrogens is 279 g/mol. The molecule has 21 heavy (non-hydrogen) atoms. The van der Waals surface area contributed by atoms with Gasteiger partial charge in [-0.3, -0.25) is 4.79 Å². The number of alkyl halides is 3. The van der Waals surface area contributed by atoms with Crippen molar-refractivity contribution in [3.63, 3.8) is 0 Å². The zero-order valence-electron chi connectivity index (χ0n) is 12.7. The highest BCUT2D eigenvalue weighted by molar-refractivity contribution is 5.79. The predicted molar refractivity (Wildman–Crippen MR) is 75.7 cm³/mol. The van der Waals surface area contributed by atoms with Gasteiger partial charge in [0, 0.05) is 12.0 Å². The minimum atomic E-state index is -4.25. The van der Waals surface area contributed by atoms with Crippen molar-refractivity contribution in [2.24, 2.45) is 17.8 Å². The summed E-state index contributed by atoms with van der Waals surface area (Å²) in [5.74, 6) is -1.96. The quantitative estimate of drug-likeness (QED) is 0.820. The molecule has 0 aliphatic heterocycles. The second-order valence-corrected chi connectivity index (χ2v) is 6.67. The summed E-state index contributed by atoms with van der Waals surface area (Å²) in [5.41, 5.74) is 0. The second-order valence-electron chi connectivity index (χ2n) is 6.67. The van der Waals surface area contributed by atoms with Gasteiger partial charge < -0.3 is 5.32 Å². The van der Waals surface area contributed by atoms with Crippen molar-refractivity contribution in [1.29, 1.82) is 0 Å². The molecule has 0 spiro atoms. The molecule has 2 saturated carbocycles. The van der Waals surface area contributed by atoms with Crippen molar-refractivity contribution in [3.8, 4) is 0 Å². The van der Waals surface area contributed by atoms with Crippen molar-refractivity contribution in [1.82, 2.24) is 5.32 Å². The molecule has 0 bridgehead atoms. The lowest BCUT2D eigenvalue weighted by atomic mass is 9.77. The van der Waals surface area contributed by atoms with Crippen molar-refractivity contribution in [2.45, 2.75) is 76.9 Å². The summed E-state index contributed by atoms with van der Waals surface area (Å²) >= 11 is 0. The van der Waals surface area contributed by atoms with Gasteiger partial charge in [0.05, 0.1) is 5.92 Å². The number of carbonyl (C=O) groups is 1. The van der Waals surface area contributed by atoms with Crippen molar-refractivity contribution < 1.29 is 18.0 Å². The minimum absolute atomic E-state index is 0.0797. The zero-order valence-corrected chi connectivity index (χ0v) is 12.7. The molecule has 0 aromatic heterocycles. The first-order valence-electron chi connectivity index (χ1n) is 8.29. The number of halogens is 3. The Balaban J connectivity index is 1.89. The topological polar surface area (TPSA) is 29.1 Å². The Morgan fingerprint density at radius 1 is 1.05 bits per heavy atom. The minimum Gasteiger partial charge on any atom is -0.353 e. The molecule has 0 heterocycles. The van der Waals surface area contributed by atoms with E-state index in [1.165, 1.54) is 0 Å². The van der Waals surface area contributed by atoms with Gasteiger partial charge in [0.2, 0.25) is 5.91 Å². The van der Waals surface area contributed by atoms with Crippen molar-refractivity contribution in [2.75, 3.05) is 0 Å². The molecule has 5 heteroatoms. The Morgan fingerprint density at radius 2 is 1.67 bits per heavy atom. The van der Waals surface area contributed by atoms with Crippen LogP contribution in [-0.2, 0) is 4.79 Å². The van der Waals surface area contributed by atoms with Crippen LogP contribution in [0.4, 0.5) is 13.2 Å². The molecule has 0 unspecified atom stereocenters. The number of amides is 1. The molecule has 1 N–H and O–H groups in total. The third-order valence-electron chi connectivity index (χ3n) is 5.29. The van der Waals surface area contributed by atoms with Crippen molar-refractivity contribution in [3.05, 3.63) is 0 Å². The molecule has 2 nitrogen and oxygen atoms in total. The van der Waals surface area contributed by atoms with E-state index in [0.29, 0.717) is 12.8 Å². The van der Waals surface area contributed by atoms with Crippen LogP contribution >= 0.6 is 0 Å². The van der Waals surface area contributed by atoms with Crippen LogP contribution in [0.2, 0.25) is 0 Å². The molecule has 0 radical (unpaired) electrons. The third kappa shape index (κ3) is 4.36. The standard InChI is InChI=1S/C16H26F3NO/c1-2-11-7-9-12(10-8-11)20-15(21)13-5-3-4-6-14(13)16(17,18)19/h11-14H,2-10H2,1H3,(H,20,21)/t11?,12?,13-,14+/m0/s1. The molecule has 0 aromatic rings. The summed E-state index contributed by atoms with van der Waals surface area (Å²) in [5, 5.41) is 2.90. The summed E-state index contributed by atoms with van der Waals surface area (Å²) in [6.45, 7) is 2.17. The molecule has 2 aliphatic carbocycles. The molecule has 0 aromatic carbocycles. The van der Waals surface area contributed by atoms with Crippen LogP contribution in [0, 0.1) is 17.8 Å². The molecule has 2 rings (SSSR count). The number of hydrogen-bond donors (Lipinski definition) is 1. The van der Waals surface area contributed by atoms with E-state index in [2.05, 4.69) is 12.2 Å². The van der Waals surface area contributed by atoms with Crippen molar-refractivity contribution >= 4 is 5.91 Å². The van der Waals surface area contributed by atoms with Gasteiger partial charge in [0.15, 0.2) is 0 Å². The highest BCUT2D eigenvalue weighted by Crippen LogP contribution is 2.41. The van der Waals surface area contributed by atoms with Crippen LogP contribution < -0.4 is 5.32 Å². The maximum atomic E-state index is 13.0. The average molecular weight is 305 g/mol. The Morgan fingerprint density at radius 3 is 2.24 bits per heavy atom. The SMILES string of the molecule is CCC1CCC(NC(=O)[C@H]2CCCC[C@H]2C(F)(F)F)CC1. The lowest BCUT2D eigenvalue weighted by molar-refractivity contribution is -0.198. The lowest BCUT2D eigenvalue weighted by Crippen LogP contribution is -2.46. The first-order chi connectivity index (χ1) is 9.91. The molecule has 2 aliphatic rings. The normalized spacial score (nSPS) is 34.5. The predicted octanol–water partition coefficient (Wildman–Crippen LogP) is 4.44. The van der Waals surface area contributed by atoms with Gasteiger partial charge in [0.25, 0.3) is 0 Å². The Bertz CT molecular complexity index is 348. The van der Waals surface area contributed by atoms with Crippen LogP contribution in [-0.4, -0.2) is 18.1 Å². The molecule has 122 valence electrons. The maximum Gasteiger partial charge on any atom is 0.392 e. The number of nitrogens with one attached hydrogen (secondary N) is 1. The fourth-order valence-corrected chi connectivity index (χ4v) is 3.86. The lowest BCUT2D eigenvalue weighted by Gasteiger charge is -2.34. The van der Waals surface area contributed by atoms with Gasteiger partial charge in [0.1, 0.15) is 0 Å². The summed E-state index contributed by atoms with van der Waals surface area (Å²) in [6.07, 6.45) is 2.67. The van der Waals surface area contributed by atoms with E-state index in [4.69, 9.17) is 0 Å². The van der Waals surface area contributed by atoms with E-state index in [-0.39, 0.29) is 18.4 Å². The summed E-state index contributed by atoms with van der Waals surface area (Å²) in [6, 6.07) is 0.0797. The number of carbonyl (C=O) groups excluding carboxylic acids is 1. The molecule has 0 saturated heterocycles. The molecule has 2 fully saturated rings. The van der Waals surface area contributed by atoms with Gasteiger partial charge in [-0.25, -0.2) is 0 Å². The van der Waals surface area contributed by atoms with Gasteiger partial charge in [-0.1, -0.05) is 26.2 Å². The monoisotopic (exact) mass is 305 g/mol. The summed E-state index contributed by atoms with van der Waals surface area (Å²) in [4.78, 5) is 12.3. The van der Waals surface area contributed by atoms with Crippen LogP contribution in [0.3, 0.4) is 0 Å². The van der Waals surface area contributed by atoms with Crippen LogP contribution in [0.5, 0.6) is 0 Å². The van der Waals surface area contributed by atoms with E-state index in [9.17, 15) is 18.0 Å². The van der Waals surface area contributed by atoms with E-state index in [0.717, 1.165) is 44.4 Å². The largest absolute Gasteiger partial charge is 0.392 e. The second kappa shape index (κ2) is 7.01. The third-order valence-corrected chi connectivity index (χ3v) is 5.29. The number of rotatable bonds is 3. The zero-order chi connectivity index (χ0) is 15.5.